The highest BCUT2D eigenvalue weighted by Crippen LogP contribution is 2.24. The quantitative estimate of drug-likeness (QED) is 0.660. The Kier molecular flexibility index (Phi) is 5.78. The maximum atomic E-state index is 12.8. The molecule has 1 saturated heterocycles. The van der Waals surface area contributed by atoms with Gasteiger partial charge in [-0.15, -0.1) is 0 Å². The number of likely N-dealkylation sites (tertiary alicyclic amines) is 1. The second-order valence-electron chi connectivity index (χ2n) is 7.24. The topological polar surface area (TPSA) is 125 Å². The molecule has 1 atom stereocenters. The number of nitrogens with zero attached hydrogens (tertiary/aromatic N) is 3. The molecular weight excluding hydrogens is 394 g/mol. The molecule has 3 N–H and O–H groups in total. The number of nitrogens with two attached hydrogens (primary N) is 1. The van der Waals surface area contributed by atoms with E-state index in [0.29, 0.717) is 24.2 Å². The van der Waals surface area contributed by atoms with Gasteiger partial charge in [-0.1, -0.05) is 24.3 Å². The lowest BCUT2D eigenvalue weighted by Crippen LogP contribution is -2.43. The lowest BCUT2D eigenvalue weighted by molar-refractivity contribution is -0.119. The number of rotatable bonds is 5. The Bertz CT molecular complexity index is 1130. The van der Waals surface area contributed by atoms with Gasteiger partial charge in [-0.05, 0) is 48.2 Å². The van der Waals surface area contributed by atoms with Gasteiger partial charge in [-0.25, -0.2) is 4.98 Å². The van der Waals surface area contributed by atoms with Crippen molar-refractivity contribution in [2.45, 2.75) is 25.4 Å². The van der Waals surface area contributed by atoms with Crippen LogP contribution in [0.4, 0.5) is 5.69 Å². The third kappa shape index (κ3) is 4.32. The second kappa shape index (κ2) is 8.81. The van der Waals surface area contributed by atoms with Crippen molar-refractivity contribution in [2.24, 2.45) is 5.73 Å². The largest absolute Gasteiger partial charge is 0.447 e. The van der Waals surface area contributed by atoms with E-state index in [-0.39, 0.29) is 29.9 Å². The SMILES string of the molecule is N#Cc1ccc(-c2ccc(NC(=O)[C@H]3CCCN3C(=O)c3coc(CN)n3)cc2)cc1. The van der Waals surface area contributed by atoms with E-state index in [9.17, 15) is 9.59 Å². The fourth-order valence-electron chi connectivity index (χ4n) is 3.64. The molecule has 2 aromatic carbocycles. The molecule has 8 heteroatoms. The minimum atomic E-state index is -0.566. The molecule has 31 heavy (non-hydrogen) atoms. The van der Waals surface area contributed by atoms with Gasteiger partial charge in [-0.2, -0.15) is 5.26 Å². The zero-order valence-electron chi connectivity index (χ0n) is 16.7. The van der Waals surface area contributed by atoms with Crippen LogP contribution in [0.15, 0.2) is 59.2 Å². The number of nitrogens with one attached hydrogen (secondary N) is 1. The van der Waals surface area contributed by atoms with Crippen molar-refractivity contribution in [2.75, 3.05) is 11.9 Å². The molecule has 1 aromatic heterocycles. The monoisotopic (exact) mass is 415 g/mol. The summed E-state index contributed by atoms with van der Waals surface area (Å²) in [5.74, 6) is -0.289. The van der Waals surface area contributed by atoms with Crippen LogP contribution in [0, 0.1) is 11.3 Å². The zero-order valence-corrected chi connectivity index (χ0v) is 16.7. The van der Waals surface area contributed by atoms with Crippen LogP contribution in [0.2, 0.25) is 0 Å². The molecule has 1 fully saturated rings. The van der Waals surface area contributed by atoms with Crippen LogP contribution >= 0.6 is 0 Å². The van der Waals surface area contributed by atoms with E-state index in [4.69, 9.17) is 15.4 Å². The molecule has 0 bridgehead atoms. The molecule has 2 amide bonds. The van der Waals surface area contributed by atoms with Crippen molar-refractivity contribution in [1.82, 2.24) is 9.88 Å². The number of aromatic nitrogens is 1. The van der Waals surface area contributed by atoms with E-state index < -0.39 is 6.04 Å². The Balaban J connectivity index is 1.43. The molecule has 0 unspecified atom stereocenters. The number of carbonyl (C=O) groups excluding carboxylic acids is 2. The van der Waals surface area contributed by atoms with Gasteiger partial charge in [0.1, 0.15) is 12.3 Å². The summed E-state index contributed by atoms with van der Waals surface area (Å²) in [6.45, 7) is 0.592. The smallest absolute Gasteiger partial charge is 0.276 e. The molecule has 0 radical (unpaired) electrons. The normalized spacial score (nSPS) is 15.5. The highest BCUT2D eigenvalue weighted by molar-refractivity contribution is 6.00. The van der Waals surface area contributed by atoms with Gasteiger partial charge in [-0.3, -0.25) is 9.59 Å². The summed E-state index contributed by atoms with van der Waals surface area (Å²) in [5, 5.41) is 11.8. The van der Waals surface area contributed by atoms with E-state index in [1.165, 1.54) is 11.2 Å². The van der Waals surface area contributed by atoms with Gasteiger partial charge in [0.25, 0.3) is 5.91 Å². The second-order valence-corrected chi connectivity index (χ2v) is 7.24. The average Bonchev–Trinajstić information content (AvgIpc) is 3.49. The first-order valence-electron chi connectivity index (χ1n) is 9.96. The van der Waals surface area contributed by atoms with Crippen molar-refractivity contribution in [3.63, 3.8) is 0 Å². The third-order valence-corrected chi connectivity index (χ3v) is 5.26. The van der Waals surface area contributed by atoms with E-state index in [1.807, 2.05) is 36.4 Å². The molecule has 0 aliphatic carbocycles. The van der Waals surface area contributed by atoms with Gasteiger partial charge in [0.05, 0.1) is 18.2 Å². The summed E-state index contributed by atoms with van der Waals surface area (Å²) in [7, 11) is 0. The van der Waals surface area contributed by atoms with Gasteiger partial charge < -0.3 is 20.4 Å². The molecule has 1 aliphatic rings. The Labute approximate surface area is 179 Å². The predicted molar refractivity (Wildman–Crippen MR) is 114 cm³/mol. The summed E-state index contributed by atoms with van der Waals surface area (Å²) >= 11 is 0. The summed E-state index contributed by atoms with van der Waals surface area (Å²) in [6.07, 6.45) is 2.60. The number of anilines is 1. The molecular formula is C23H21N5O3. The maximum Gasteiger partial charge on any atom is 0.276 e. The van der Waals surface area contributed by atoms with E-state index in [0.717, 1.165) is 17.5 Å². The predicted octanol–water partition coefficient (Wildman–Crippen LogP) is 2.92. The number of nitriles is 1. The van der Waals surface area contributed by atoms with Crippen LogP contribution in [0.5, 0.6) is 0 Å². The summed E-state index contributed by atoms with van der Waals surface area (Å²) in [5.41, 5.74) is 8.85. The number of amides is 2. The van der Waals surface area contributed by atoms with Gasteiger partial charge in [0, 0.05) is 12.2 Å². The molecule has 2 heterocycles. The Morgan fingerprint density at radius 2 is 1.84 bits per heavy atom. The fraction of sp³-hybridized carbons (Fsp3) is 0.217. The standard InChI is InChI=1S/C23H21N5O3/c24-12-15-3-5-16(6-4-15)17-7-9-18(10-8-17)26-22(29)20-2-1-11-28(20)23(30)19-14-31-21(13-25)27-19/h3-10,14,20H,1-2,11,13,25H2,(H,26,29)/t20-/m1/s1. The van der Waals surface area contributed by atoms with Crippen LogP contribution in [0.25, 0.3) is 11.1 Å². The van der Waals surface area contributed by atoms with Crippen LogP contribution < -0.4 is 11.1 Å². The fourth-order valence-corrected chi connectivity index (χ4v) is 3.64. The number of carbonyl (C=O) groups is 2. The molecule has 156 valence electrons. The number of hydrogen-bond donors (Lipinski definition) is 2. The van der Waals surface area contributed by atoms with Crippen LogP contribution in [-0.4, -0.2) is 34.3 Å². The number of benzene rings is 2. The Morgan fingerprint density at radius 1 is 1.16 bits per heavy atom. The molecule has 3 aromatic rings. The highest BCUT2D eigenvalue weighted by Gasteiger charge is 2.35. The Hall–Kier alpha value is -3.96. The first-order valence-corrected chi connectivity index (χ1v) is 9.96. The maximum absolute atomic E-state index is 12.8. The highest BCUT2D eigenvalue weighted by atomic mass is 16.3. The van der Waals surface area contributed by atoms with Crippen molar-refractivity contribution in [3.05, 3.63) is 71.9 Å². The molecule has 4 rings (SSSR count). The first-order chi connectivity index (χ1) is 15.1. The minimum absolute atomic E-state index is 0.107. The average molecular weight is 415 g/mol. The summed E-state index contributed by atoms with van der Waals surface area (Å²) in [4.78, 5) is 31.2. The zero-order chi connectivity index (χ0) is 21.8. The van der Waals surface area contributed by atoms with Crippen LogP contribution in [0.3, 0.4) is 0 Å². The van der Waals surface area contributed by atoms with Gasteiger partial charge in [0.15, 0.2) is 5.69 Å². The van der Waals surface area contributed by atoms with Crippen LogP contribution in [0.1, 0.15) is 34.8 Å². The third-order valence-electron chi connectivity index (χ3n) is 5.26. The van der Waals surface area contributed by atoms with Gasteiger partial charge in [0.2, 0.25) is 11.8 Å². The molecule has 0 saturated carbocycles. The number of hydrogen-bond acceptors (Lipinski definition) is 6. The lowest BCUT2D eigenvalue weighted by atomic mass is 10.0. The summed E-state index contributed by atoms with van der Waals surface area (Å²) < 4.78 is 5.15. The van der Waals surface area contributed by atoms with E-state index in [1.54, 1.807) is 12.1 Å². The first kappa shape index (κ1) is 20.3. The molecule has 0 spiro atoms. The molecule has 1 aliphatic heterocycles. The van der Waals surface area contributed by atoms with Gasteiger partial charge >= 0.3 is 0 Å². The summed E-state index contributed by atoms with van der Waals surface area (Å²) in [6, 6.07) is 16.3. The van der Waals surface area contributed by atoms with Crippen molar-refractivity contribution < 1.29 is 14.0 Å². The van der Waals surface area contributed by atoms with Crippen molar-refractivity contribution in [1.29, 1.82) is 5.26 Å². The molecule has 8 nitrogen and oxygen atoms in total. The number of oxazole rings is 1. The van der Waals surface area contributed by atoms with E-state index >= 15 is 0 Å². The van der Waals surface area contributed by atoms with Crippen molar-refractivity contribution in [3.8, 4) is 17.2 Å². The minimum Gasteiger partial charge on any atom is -0.447 e. The van der Waals surface area contributed by atoms with Crippen LogP contribution in [-0.2, 0) is 11.3 Å². The van der Waals surface area contributed by atoms with E-state index in [2.05, 4.69) is 16.4 Å². The Morgan fingerprint density at radius 3 is 2.45 bits per heavy atom. The van der Waals surface area contributed by atoms with Crippen molar-refractivity contribution >= 4 is 17.5 Å². The lowest BCUT2D eigenvalue weighted by Gasteiger charge is -2.23.